The summed E-state index contributed by atoms with van der Waals surface area (Å²) in [7, 11) is 1.62. The number of carbonyl (C=O) groups excluding carboxylic acids is 1. The molecule has 0 atom stereocenters. The third-order valence-electron chi connectivity index (χ3n) is 3.45. The average Bonchev–Trinajstić information content (AvgIpc) is 2.62. The Bertz CT molecular complexity index is 882. The minimum atomic E-state index is -0.248. The third-order valence-corrected chi connectivity index (χ3v) is 3.69. The van der Waals surface area contributed by atoms with Crippen LogP contribution < -0.4 is 15.4 Å². The molecule has 0 saturated heterocycles. The van der Waals surface area contributed by atoms with Gasteiger partial charge < -0.3 is 15.4 Å². The van der Waals surface area contributed by atoms with Gasteiger partial charge in [-0.15, -0.1) is 0 Å². The van der Waals surface area contributed by atoms with Gasteiger partial charge in [0.05, 0.1) is 12.7 Å². The molecule has 0 fully saturated rings. The molecule has 3 aromatic rings. The van der Waals surface area contributed by atoms with Crippen LogP contribution in [0.2, 0.25) is 5.02 Å². The van der Waals surface area contributed by atoms with Crippen LogP contribution in [0.5, 0.6) is 5.75 Å². The Morgan fingerprint density at radius 2 is 1.84 bits per heavy atom. The van der Waals surface area contributed by atoms with Gasteiger partial charge in [0.25, 0.3) is 5.91 Å². The Kier molecular flexibility index (Phi) is 5.16. The largest absolute Gasteiger partial charge is 0.497 e. The Morgan fingerprint density at radius 3 is 2.56 bits per heavy atom. The lowest BCUT2D eigenvalue weighted by Gasteiger charge is -2.09. The first-order chi connectivity index (χ1) is 12.1. The van der Waals surface area contributed by atoms with Gasteiger partial charge in [-0.2, -0.15) is 0 Å². The first-order valence-corrected chi connectivity index (χ1v) is 7.96. The molecule has 0 radical (unpaired) electrons. The number of aromatic nitrogens is 1. The number of methoxy groups -OCH3 is 1. The number of hydrogen-bond acceptors (Lipinski definition) is 4. The number of anilines is 3. The van der Waals surface area contributed by atoms with E-state index in [1.165, 1.54) is 6.20 Å². The van der Waals surface area contributed by atoms with Gasteiger partial charge in [0, 0.05) is 28.7 Å². The van der Waals surface area contributed by atoms with Gasteiger partial charge in [0.1, 0.15) is 11.6 Å². The molecule has 0 aliphatic carbocycles. The van der Waals surface area contributed by atoms with Crippen molar-refractivity contribution in [1.29, 1.82) is 0 Å². The van der Waals surface area contributed by atoms with Crippen molar-refractivity contribution in [3.63, 3.8) is 0 Å². The average molecular weight is 354 g/mol. The Morgan fingerprint density at radius 1 is 1.04 bits per heavy atom. The molecule has 2 aromatic carbocycles. The van der Waals surface area contributed by atoms with Crippen LogP contribution in [-0.4, -0.2) is 18.0 Å². The molecule has 0 aliphatic rings. The number of ether oxygens (including phenoxy) is 1. The number of nitrogens with one attached hydrogen (secondary N) is 2. The lowest BCUT2D eigenvalue weighted by molar-refractivity contribution is 0.102. The Hall–Kier alpha value is -3.05. The van der Waals surface area contributed by atoms with E-state index < -0.39 is 0 Å². The molecule has 0 bridgehead atoms. The molecule has 25 heavy (non-hydrogen) atoms. The standard InChI is InChI=1S/C19H16ClN3O2/c1-25-17-7-3-6-16(11-17)22-18-9-8-13(12-21-18)19(24)23-15-5-2-4-14(20)10-15/h2-12H,1H3,(H,21,22)(H,23,24). The fourth-order valence-electron chi connectivity index (χ4n) is 2.22. The zero-order valence-corrected chi connectivity index (χ0v) is 14.2. The first-order valence-electron chi connectivity index (χ1n) is 7.58. The summed E-state index contributed by atoms with van der Waals surface area (Å²) in [5.74, 6) is 1.14. The van der Waals surface area contributed by atoms with Crippen molar-refractivity contribution < 1.29 is 9.53 Å². The van der Waals surface area contributed by atoms with Gasteiger partial charge in [-0.05, 0) is 42.5 Å². The highest BCUT2D eigenvalue weighted by Gasteiger charge is 2.07. The summed E-state index contributed by atoms with van der Waals surface area (Å²) < 4.78 is 5.19. The molecular formula is C19H16ClN3O2. The molecule has 5 nitrogen and oxygen atoms in total. The predicted molar refractivity (Wildman–Crippen MR) is 99.9 cm³/mol. The summed E-state index contributed by atoms with van der Waals surface area (Å²) in [6, 6.07) is 17.9. The van der Waals surface area contributed by atoms with Crippen molar-refractivity contribution in [3.8, 4) is 5.75 Å². The van der Waals surface area contributed by atoms with Crippen LogP contribution in [0.15, 0.2) is 66.9 Å². The maximum Gasteiger partial charge on any atom is 0.257 e. The number of carbonyl (C=O) groups is 1. The van der Waals surface area contributed by atoms with Crippen molar-refractivity contribution in [1.82, 2.24) is 4.98 Å². The molecule has 1 amide bonds. The normalized spacial score (nSPS) is 10.2. The van der Waals surface area contributed by atoms with E-state index in [9.17, 15) is 4.79 Å². The second kappa shape index (κ2) is 7.68. The summed E-state index contributed by atoms with van der Waals surface area (Å²) in [5.41, 5.74) is 1.94. The van der Waals surface area contributed by atoms with E-state index in [-0.39, 0.29) is 5.91 Å². The van der Waals surface area contributed by atoms with Crippen LogP contribution in [0.3, 0.4) is 0 Å². The molecule has 0 spiro atoms. The second-order valence-electron chi connectivity index (χ2n) is 5.25. The predicted octanol–water partition coefficient (Wildman–Crippen LogP) is 4.74. The number of amides is 1. The number of nitrogens with zero attached hydrogens (tertiary/aromatic N) is 1. The topological polar surface area (TPSA) is 63.2 Å². The number of halogens is 1. The third kappa shape index (κ3) is 4.49. The van der Waals surface area contributed by atoms with Crippen LogP contribution in [-0.2, 0) is 0 Å². The summed E-state index contributed by atoms with van der Waals surface area (Å²) in [4.78, 5) is 16.5. The maximum absolute atomic E-state index is 12.2. The van der Waals surface area contributed by atoms with Gasteiger partial charge in [-0.25, -0.2) is 4.98 Å². The minimum absolute atomic E-state index is 0.248. The number of pyridine rings is 1. The fourth-order valence-corrected chi connectivity index (χ4v) is 2.41. The van der Waals surface area contributed by atoms with Gasteiger partial charge >= 0.3 is 0 Å². The van der Waals surface area contributed by atoms with E-state index in [1.54, 1.807) is 43.5 Å². The van der Waals surface area contributed by atoms with Crippen molar-refractivity contribution in [2.75, 3.05) is 17.7 Å². The fraction of sp³-hybridized carbons (Fsp3) is 0.0526. The molecular weight excluding hydrogens is 338 g/mol. The Balaban J connectivity index is 1.68. The van der Waals surface area contributed by atoms with E-state index in [2.05, 4.69) is 15.6 Å². The smallest absolute Gasteiger partial charge is 0.257 e. The number of benzene rings is 2. The molecule has 0 saturated carbocycles. The lowest BCUT2D eigenvalue weighted by Crippen LogP contribution is -2.12. The molecule has 0 aliphatic heterocycles. The van der Waals surface area contributed by atoms with Crippen molar-refractivity contribution in [2.45, 2.75) is 0 Å². The first kappa shape index (κ1) is 16.8. The summed E-state index contributed by atoms with van der Waals surface area (Å²) in [6.07, 6.45) is 1.52. The highest BCUT2D eigenvalue weighted by Crippen LogP contribution is 2.20. The number of hydrogen-bond donors (Lipinski definition) is 2. The van der Waals surface area contributed by atoms with Gasteiger partial charge in [0.15, 0.2) is 0 Å². The van der Waals surface area contributed by atoms with E-state index in [4.69, 9.17) is 16.3 Å². The van der Waals surface area contributed by atoms with Crippen molar-refractivity contribution in [3.05, 3.63) is 77.4 Å². The lowest BCUT2D eigenvalue weighted by atomic mass is 10.2. The quantitative estimate of drug-likeness (QED) is 0.695. The molecule has 6 heteroatoms. The van der Waals surface area contributed by atoms with Gasteiger partial charge in [-0.1, -0.05) is 23.7 Å². The maximum atomic E-state index is 12.2. The second-order valence-corrected chi connectivity index (χ2v) is 5.69. The molecule has 1 heterocycles. The van der Waals surface area contributed by atoms with Crippen LogP contribution in [0.1, 0.15) is 10.4 Å². The minimum Gasteiger partial charge on any atom is -0.497 e. The van der Waals surface area contributed by atoms with Crippen LogP contribution >= 0.6 is 11.6 Å². The Labute approximate surface area is 150 Å². The molecule has 3 rings (SSSR count). The summed E-state index contributed by atoms with van der Waals surface area (Å²) in [5, 5.41) is 6.51. The van der Waals surface area contributed by atoms with E-state index in [0.717, 1.165) is 11.4 Å². The monoisotopic (exact) mass is 353 g/mol. The molecule has 126 valence electrons. The summed E-state index contributed by atoms with van der Waals surface area (Å²) >= 11 is 5.91. The van der Waals surface area contributed by atoms with Crippen LogP contribution in [0.4, 0.5) is 17.2 Å². The van der Waals surface area contributed by atoms with E-state index in [0.29, 0.717) is 22.1 Å². The van der Waals surface area contributed by atoms with E-state index >= 15 is 0 Å². The van der Waals surface area contributed by atoms with Crippen molar-refractivity contribution in [2.24, 2.45) is 0 Å². The van der Waals surface area contributed by atoms with Crippen LogP contribution in [0.25, 0.3) is 0 Å². The zero-order chi connectivity index (χ0) is 17.6. The van der Waals surface area contributed by atoms with Crippen LogP contribution in [0, 0.1) is 0 Å². The van der Waals surface area contributed by atoms with E-state index in [1.807, 2.05) is 24.3 Å². The summed E-state index contributed by atoms with van der Waals surface area (Å²) in [6.45, 7) is 0. The highest BCUT2D eigenvalue weighted by atomic mass is 35.5. The van der Waals surface area contributed by atoms with Gasteiger partial charge in [-0.3, -0.25) is 4.79 Å². The van der Waals surface area contributed by atoms with Crippen molar-refractivity contribution >= 4 is 34.7 Å². The SMILES string of the molecule is COc1cccc(Nc2ccc(C(=O)Nc3cccc(Cl)c3)cn2)c1. The van der Waals surface area contributed by atoms with Gasteiger partial charge in [0.2, 0.25) is 0 Å². The molecule has 0 unspecified atom stereocenters. The zero-order valence-electron chi connectivity index (χ0n) is 13.5. The number of rotatable bonds is 5. The molecule has 2 N–H and O–H groups in total. The highest BCUT2D eigenvalue weighted by molar-refractivity contribution is 6.30. The molecule has 1 aromatic heterocycles.